The van der Waals surface area contributed by atoms with Gasteiger partial charge in [-0.15, -0.1) is 0 Å². The van der Waals surface area contributed by atoms with Crippen LogP contribution < -0.4 is 70.6 Å². The lowest BCUT2D eigenvalue weighted by Gasteiger charge is -2.31. The lowest BCUT2D eigenvalue weighted by molar-refractivity contribution is -0.385. The number of likely N-dealkylation sites (N-methyl/N-ethyl adjacent to an activating group) is 3. The van der Waals surface area contributed by atoms with Crippen LogP contribution in [0.25, 0.3) is 0 Å². The second kappa shape index (κ2) is 36.9. The Morgan fingerprint density at radius 3 is 1.17 bits per heavy atom. The largest absolute Gasteiger partial charge is 0.486 e. The minimum Gasteiger partial charge on any atom is -0.486 e. The van der Waals surface area contributed by atoms with Crippen molar-refractivity contribution in [2.24, 2.45) is 5.73 Å². The van der Waals surface area contributed by atoms with Crippen molar-refractivity contribution < 1.29 is 75.4 Å². The lowest BCUT2D eigenvalue weighted by Crippen LogP contribution is -2.43. The monoisotopic (exact) mass is 1490 g/mol. The van der Waals surface area contributed by atoms with Gasteiger partial charge in [-0.1, -0.05) is 30.3 Å². The summed E-state index contributed by atoms with van der Waals surface area (Å²) in [6, 6.07) is 40.4. The smallest absolute Gasteiger partial charge is 0.287 e. The quantitative estimate of drug-likeness (QED) is 0.0251. The van der Waals surface area contributed by atoms with E-state index in [1.54, 1.807) is 36.4 Å². The molecule has 0 aliphatic carbocycles. The number of anilines is 2. The summed E-state index contributed by atoms with van der Waals surface area (Å²) < 4.78 is 62.8. The zero-order valence-electron chi connectivity index (χ0n) is 60.6. The highest BCUT2D eigenvalue weighted by molar-refractivity contribution is 5.92. The number of piperazine rings is 3. The van der Waals surface area contributed by atoms with E-state index in [0.717, 1.165) is 121 Å². The third-order valence-electron chi connectivity index (χ3n) is 18.7. The Hall–Kier alpha value is -11.1. The van der Waals surface area contributed by atoms with Crippen molar-refractivity contribution in [3.05, 3.63) is 200 Å². The Labute approximate surface area is 624 Å². The van der Waals surface area contributed by atoms with Crippen molar-refractivity contribution >= 4 is 40.5 Å². The van der Waals surface area contributed by atoms with Gasteiger partial charge in [0.15, 0.2) is 63.3 Å². The first kappa shape index (κ1) is 76.5. The third kappa shape index (κ3) is 21.8. The van der Waals surface area contributed by atoms with Crippen molar-refractivity contribution in [3.63, 3.8) is 0 Å². The van der Waals surface area contributed by atoms with Gasteiger partial charge in [-0.05, 0) is 99.5 Å². The first-order valence-electron chi connectivity index (χ1n) is 36.0. The molecule has 10 heterocycles. The summed E-state index contributed by atoms with van der Waals surface area (Å²) >= 11 is 0. The fourth-order valence-corrected chi connectivity index (χ4v) is 12.3. The number of nitrogens with two attached hydrogens (primary N) is 2. The van der Waals surface area contributed by atoms with Crippen molar-refractivity contribution in [1.82, 2.24) is 45.3 Å². The number of amides is 3. The zero-order chi connectivity index (χ0) is 75.5. The highest BCUT2D eigenvalue weighted by Gasteiger charge is 2.29. The first-order chi connectivity index (χ1) is 52.4. The number of rotatable bonds is 21. The number of benzene rings is 5. The summed E-state index contributed by atoms with van der Waals surface area (Å²) in [4.78, 5) is 71.8. The Balaban J connectivity index is 0.000000139. The number of nitro groups is 2. The molecule has 4 atom stereocenters. The van der Waals surface area contributed by atoms with Gasteiger partial charge in [0, 0.05) is 127 Å². The maximum absolute atomic E-state index is 12.6. The molecule has 108 heavy (non-hydrogen) atoms. The van der Waals surface area contributed by atoms with E-state index in [1.807, 2.05) is 54.6 Å². The summed E-state index contributed by atoms with van der Waals surface area (Å²) in [6.45, 7) is 17.5. The Bertz CT molecular complexity index is 4320. The van der Waals surface area contributed by atoms with Gasteiger partial charge in [0.05, 0.1) is 61.2 Å². The van der Waals surface area contributed by atoms with E-state index < -0.39 is 16.0 Å². The van der Waals surface area contributed by atoms with Crippen LogP contribution in [0.2, 0.25) is 0 Å². The number of ether oxygens (including phenoxy) is 8. The van der Waals surface area contributed by atoms with Crippen LogP contribution in [-0.4, -0.2) is 234 Å². The van der Waals surface area contributed by atoms with Gasteiger partial charge in [-0.3, -0.25) is 49.3 Å². The zero-order valence-corrected chi connectivity index (χ0v) is 60.6. The molecule has 15 rings (SSSR count). The number of furan rings is 3. The fourth-order valence-electron chi connectivity index (χ4n) is 12.3. The maximum atomic E-state index is 12.6. The second-order valence-corrected chi connectivity index (χ2v) is 27.1. The average molecular weight is 1490 g/mol. The Kier molecular flexibility index (Phi) is 26.2. The molecule has 8 N–H and O–H groups in total. The average Bonchev–Trinajstić information content (AvgIpc) is 1.23. The number of carbonyl (C=O) groups excluding carboxylic acids is 3. The molecule has 0 unspecified atom stereocenters. The molecule has 32 heteroatoms. The predicted molar refractivity (Wildman–Crippen MR) is 397 cm³/mol. The minimum absolute atomic E-state index is 0.0185. The van der Waals surface area contributed by atoms with Crippen LogP contribution in [0.5, 0.6) is 46.0 Å². The molecule has 0 bridgehead atoms. The fraction of sp³-hybridized carbons (Fsp3) is 0.408. The number of fused-ring (bicyclic) bond motifs is 4. The van der Waals surface area contributed by atoms with Crippen LogP contribution in [0.1, 0.15) is 54.5 Å². The molecule has 5 aromatic carbocycles. The van der Waals surface area contributed by atoms with Gasteiger partial charge in [0.25, 0.3) is 29.1 Å². The molecular weight excluding hydrogens is 1400 g/mol. The molecule has 3 saturated heterocycles. The Morgan fingerprint density at radius 1 is 0.426 bits per heavy atom. The second-order valence-electron chi connectivity index (χ2n) is 27.1. The number of carbonyl (C=O) groups is 3. The highest BCUT2D eigenvalue weighted by Crippen LogP contribution is 2.38. The van der Waals surface area contributed by atoms with E-state index in [4.69, 9.17) is 62.6 Å². The Morgan fingerprint density at radius 2 is 0.778 bits per heavy atom. The molecular formula is C76H92N14O18. The molecule has 3 amide bonds. The van der Waals surface area contributed by atoms with Crippen molar-refractivity contribution in [2.75, 3.05) is 163 Å². The molecule has 0 radical (unpaired) electrons. The summed E-state index contributed by atoms with van der Waals surface area (Å²) in [7, 11) is 6.36. The van der Waals surface area contributed by atoms with Crippen molar-refractivity contribution in [3.8, 4) is 46.0 Å². The van der Waals surface area contributed by atoms with E-state index in [-0.39, 0.29) is 66.3 Å². The molecule has 3 fully saturated rings. The summed E-state index contributed by atoms with van der Waals surface area (Å²) in [6.07, 6.45) is -1.25. The number of hydrogen-bond acceptors (Lipinski definition) is 27. The standard InChI is InChI=1S/C27H32N4O4.C20H24N4O6.C20H26N4O4.C9H10N2O4/c1-30-11-13-31(14-12-30)18-22-8-10-25(34-22)27(32)29-17-23-19-33-24-9-7-21(15-26(24)35-23)28-16-20-5-3-2-4-6-20;1-22-6-8-23(9-7-22)12-15-3-5-18(29-15)20(25)21-11-16-13-28-17-4-2-14(24(26)27)10-19(17)30-16;1-23-6-8-24(9-7-23)12-15-3-5-18(27-15)20(25)22-11-16-13-26-17-4-2-14(21)10-19(17)28-16;10-4-7-5-14-8-2-1-6(11(12)13)3-9(8)15-7/h2-10,15,23,28H,11-14,16-19H2,1H3,(H,29,32);2-5,10,16H,6-9,11-13H2,1H3,(H,21,25);2-5,10,16H,6-9,11-13,21H2,1H3,(H,22,25);1-3,7H,4-5,10H2/t23-;2*16-;7-/m1111/s1. The van der Waals surface area contributed by atoms with Crippen LogP contribution in [0.15, 0.2) is 153 Å². The summed E-state index contributed by atoms with van der Waals surface area (Å²) in [5.74, 6) is 6.66. The van der Waals surface area contributed by atoms with Crippen LogP contribution in [0.3, 0.4) is 0 Å². The highest BCUT2D eigenvalue weighted by atomic mass is 16.6. The molecule has 0 spiro atoms. The third-order valence-corrected chi connectivity index (χ3v) is 18.7. The van der Waals surface area contributed by atoms with Gasteiger partial charge < -0.3 is 98.6 Å². The van der Waals surface area contributed by atoms with E-state index in [1.165, 1.54) is 42.0 Å². The van der Waals surface area contributed by atoms with Crippen LogP contribution in [-0.2, 0) is 26.2 Å². The van der Waals surface area contributed by atoms with E-state index in [0.29, 0.717) is 109 Å². The number of nitrogens with zero attached hydrogens (tertiary/aromatic N) is 8. The number of nitrogens with one attached hydrogen (secondary N) is 4. The topological polar surface area (TPSA) is 370 Å². The van der Waals surface area contributed by atoms with E-state index in [2.05, 4.69) is 83.9 Å². The van der Waals surface area contributed by atoms with Crippen LogP contribution in [0, 0.1) is 20.2 Å². The van der Waals surface area contributed by atoms with Gasteiger partial charge in [-0.25, -0.2) is 0 Å². The normalized spacial score (nSPS) is 19.1. The minimum atomic E-state index is -0.494. The predicted octanol–water partition coefficient (Wildman–Crippen LogP) is 6.59. The molecule has 7 aliphatic rings. The molecule has 3 aromatic heterocycles. The van der Waals surface area contributed by atoms with Crippen LogP contribution >= 0.6 is 0 Å². The molecule has 8 aromatic rings. The lowest BCUT2D eigenvalue weighted by atomic mass is 10.2. The van der Waals surface area contributed by atoms with E-state index in [9.17, 15) is 34.6 Å². The van der Waals surface area contributed by atoms with Gasteiger partial charge in [0.1, 0.15) is 68.1 Å². The van der Waals surface area contributed by atoms with Gasteiger partial charge in [-0.2, -0.15) is 0 Å². The summed E-state index contributed by atoms with van der Waals surface area (Å²) in [5, 5.41) is 33.4. The van der Waals surface area contributed by atoms with Crippen LogP contribution in [0.4, 0.5) is 22.7 Å². The van der Waals surface area contributed by atoms with Crippen molar-refractivity contribution in [1.29, 1.82) is 0 Å². The molecule has 7 aliphatic heterocycles. The summed E-state index contributed by atoms with van der Waals surface area (Å²) in [5.41, 5.74) is 13.9. The molecule has 0 saturated carbocycles. The SMILES string of the molecule is CN1CCN(Cc2ccc(C(=O)NC[C@@H]3COc4ccc(N)cc4O3)o2)CC1.CN1CCN(Cc2ccc(C(=O)NC[C@@H]3COc4ccc(NCc5ccccc5)cc4O3)o2)CC1.CN1CCN(Cc2ccc(C(=O)NC[C@@H]3COc4ccc([N+](=O)[O-])cc4O3)o2)CC1.NC[C@@H]1COc2ccc([N+](=O)[O-])cc2O1. The number of non-ortho nitro benzene ring substituents is 2. The molecule has 32 nitrogen and oxygen atoms in total. The van der Waals surface area contributed by atoms with Gasteiger partial charge in [0.2, 0.25) is 0 Å². The number of nitro benzene ring substituents is 2. The van der Waals surface area contributed by atoms with Crippen molar-refractivity contribution in [2.45, 2.75) is 50.6 Å². The first-order valence-corrected chi connectivity index (χ1v) is 36.0. The molecule has 574 valence electrons. The van der Waals surface area contributed by atoms with E-state index >= 15 is 0 Å². The van der Waals surface area contributed by atoms with Gasteiger partial charge >= 0.3 is 0 Å². The maximum Gasteiger partial charge on any atom is 0.287 e. The number of nitrogen functional groups attached to an aromatic ring is 1. The number of hydrogen-bond donors (Lipinski definition) is 6.